The minimum Gasteiger partial charge on any atom is -0.338 e. The predicted molar refractivity (Wildman–Crippen MR) is 99.3 cm³/mol. The molecule has 0 saturated carbocycles. The molecule has 4 rings (SSSR count). The third-order valence-electron chi connectivity index (χ3n) is 4.35. The summed E-state index contributed by atoms with van der Waals surface area (Å²) >= 11 is 1.79. The number of nitrogens with zero attached hydrogens (tertiary/aromatic N) is 4. The quantitative estimate of drug-likeness (QED) is 0.730. The average Bonchev–Trinajstić information content (AvgIpc) is 3.18. The van der Waals surface area contributed by atoms with Crippen molar-refractivity contribution in [1.29, 1.82) is 0 Å². The lowest BCUT2D eigenvalue weighted by atomic mass is 10.1. The van der Waals surface area contributed by atoms with Crippen LogP contribution in [0.25, 0.3) is 10.4 Å². The van der Waals surface area contributed by atoms with E-state index in [-0.39, 0.29) is 0 Å². The molecule has 0 unspecified atom stereocenters. The predicted octanol–water partition coefficient (Wildman–Crippen LogP) is 3.53. The molecule has 1 fully saturated rings. The van der Waals surface area contributed by atoms with Gasteiger partial charge in [0, 0.05) is 50.0 Å². The molecule has 24 heavy (non-hydrogen) atoms. The van der Waals surface area contributed by atoms with Gasteiger partial charge in [0.2, 0.25) is 5.95 Å². The molecule has 1 aliphatic heterocycles. The van der Waals surface area contributed by atoms with E-state index in [1.807, 2.05) is 18.5 Å². The van der Waals surface area contributed by atoms with Crippen molar-refractivity contribution in [3.63, 3.8) is 0 Å². The second-order valence-corrected chi connectivity index (χ2v) is 6.94. The van der Waals surface area contributed by atoms with Crippen molar-refractivity contribution < 1.29 is 0 Å². The first-order valence-electron chi connectivity index (χ1n) is 8.26. The summed E-state index contributed by atoms with van der Waals surface area (Å²) in [5.41, 5.74) is 2.70. The van der Waals surface area contributed by atoms with Gasteiger partial charge in [0.15, 0.2) is 0 Å². The van der Waals surface area contributed by atoms with Gasteiger partial charge in [0.25, 0.3) is 0 Å². The van der Waals surface area contributed by atoms with Crippen LogP contribution in [0.3, 0.4) is 0 Å². The van der Waals surface area contributed by atoms with Gasteiger partial charge in [-0.25, -0.2) is 9.97 Å². The molecule has 3 heterocycles. The summed E-state index contributed by atoms with van der Waals surface area (Å²) < 4.78 is 0. The third kappa shape index (κ3) is 3.47. The van der Waals surface area contributed by atoms with Crippen LogP contribution in [0.5, 0.6) is 0 Å². The van der Waals surface area contributed by atoms with E-state index in [4.69, 9.17) is 0 Å². The zero-order valence-electron chi connectivity index (χ0n) is 13.5. The molecule has 3 aromatic rings. The summed E-state index contributed by atoms with van der Waals surface area (Å²) in [4.78, 5) is 14.8. The molecule has 0 amide bonds. The molecule has 4 nitrogen and oxygen atoms in total. The standard InChI is InChI=1S/C19H20N4S/c1-4-16(14-17(5-1)18-6-2-13-24-18)15-22-9-11-23(12-10-22)19-20-7-3-8-21-19/h1-8,13-14H,9-12,15H2. The molecule has 1 aliphatic rings. The van der Waals surface area contributed by atoms with Gasteiger partial charge in [-0.1, -0.05) is 24.3 Å². The molecule has 1 saturated heterocycles. The lowest BCUT2D eigenvalue weighted by molar-refractivity contribution is 0.248. The largest absolute Gasteiger partial charge is 0.338 e. The molecule has 2 aromatic heterocycles. The highest BCUT2D eigenvalue weighted by Crippen LogP contribution is 2.25. The van der Waals surface area contributed by atoms with Gasteiger partial charge in [-0.3, -0.25) is 4.90 Å². The van der Waals surface area contributed by atoms with Crippen LogP contribution in [0.2, 0.25) is 0 Å². The SMILES string of the molecule is c1cnc(N2CCN(Cc3cccc(-c4cccs4)c3)CC2)nc1. The number of benzene rings is 1. The van der Waals surface area contributed by atoms with Crippen molar-refractivity contribution in [3.05, 3.63) is 65.8 Å². The van der Waals surface area contributed by atoms with Crippen molar-refractivity contribution in [3.8, 4) is 10.4 Å². The first kappa shape index (κ1) is 15.3. The third-order valence-corrected chi connectivity index (χ3v) is 5.27. The average molecular weight is 336 g/mol. The van der Waals surface area contributed by atoms with Gasteiger partial charge in [-0.05, 0) is 34.7 Å². The number of thiophene rings is 1. The highest BCUT2D eigenvalue weighted by atomic mass is 32.1. The Hall–Kier alpha value is -2.24. The molecular weight excluding hydrogens is 316 g/mol. The van der Waals surface area contributed by atoms with Crippen LogP contribution in [-0.4, -0.2) is 41.0 Å². The Morgan fingerprint density at radius 1 is 0.917 bits per heavy atom. The van der Waals surface area contributed by atoms with Crippen molar-refractivity contribution in [2.45, 2.75) is 6.54 Å². The van der Waals surface area contributed by atoms with Crippen LogP contribution >= 0.6 is 11.3 Å². The van der Waals surface area contributed by atoms with Crippen molar-refractivity contribution in [1.82, 2.24) is 14.9 Å². The maximum absolute atomic E-state index is 4.35. The Balaban J connectivity index is 1.38. The summed E-state index contributed by atoms with van der Waals surface area (Å²) in [7, 11) is 0. The van der Waals surface area contributed by atoms with E-state index in [9.17, 15) is 0 Å². The van der Waals surface area contributed by atoms with E-state index in [2.05, 4.69) is 61.5 Å². The molecule has 122 valence electrons. The molecule has 0 bridgehead atoms. The molecule has 1 aromatic carbocycles. The van der Waals surface area contributed by atoms with Crippen LogP contribution in [-0.2, 0) is 6.54 Å². The number of aromatic nitrogens is 2. The topological polar surface area (TPSA) is 32.3 Å². The van der Waals surface area contributed by atoms with Gasteiger partial charge in [-0.2, -0.15) is 0 Å². The maximum Gasteiger partial charge on any atom is 0.225 e. The number of anilines is 1. The van der Waals surface area contributed by atoms with Crippen molar-refractivity contribution in [2.75, 3.05) is 31.1 Å². The van der Waals surface area contributed by atoms with E-state index in [1.54, 1.807) is 11.3 Å². The fourth-order valence-electron chi connectivity index (χ4n) is 3.08. The number of rotatable bonds is 4. The molecule has 0 aliphatic carbocycles. The first-order valence-corrected chi connectivity index (χ1v) is 9.13. The summed E-state index contributed by atoms with van der Waals surface area (Å²) in [5, 5.41) is 2.13. The lowest BCUT2D eigenvalue weighted by Gasteiger charge is -2.34. The van der Waals surface area contributed by atoms with Crippen molar-refractivity contribution in [2.24, 2.45) is 0 Å². The monoisotopic (exact) mass is 336 g/mol. The Kier molecular flexibility index (Phi) is 4.53. The highest BCUT2D eigenvalue weighted by Gasteiger charge is 2.18. The van der Waals surface area contributed by atoms with E-state index >= 15 is 0 Å². The van der Waals surface area contributed by atoms with E-state index in [0.29, 0.717) is 0 Å². The van der Waals surface area contributed by atoms with E-state index < -0.39 is 0 Å². The Morgan fingerprint density at radius 3 is 2.50 bits per heavy atom. The summed E-state index contributed by atoms with van der Waals surface area (Å²) in [6, 6.07) is 15.1. The van der Waals surface area contributed by atoms with Gasteiger partial charge in [0.1, 0.15) is 0 Å². The summed E-state index contributed by atoms with van der Waals surface area (Å²) in [5.74, 6) is 0.844. The minimum absolute atomic E-state index is 0.844. The smallest absolute Gasteiger partial charge is 0.225 e. The number of hydrogen-bond acceptors (Lipinski definition) is 5. The number of piperazine rings is 1. The van der Waals surface area contributed by atoms with Gasteiger partial charge in [0.05, 0.1) is 0 Å². The van der Waals surface area contributed by atoms with Gasteiger partial charge in [-0.15, -0.1) is 11.3 Å². The molecule has 0 atom stereocenters. The molecular formula is C19H20N4S. The summed E-state index contributed by atoms with van der Waals surface area (Å²) in [6.45, 7) is 5.05. The van der Waals surface area contributed by atoms with Crippen molar-refractivity contribution >= 4 is 17.3 Å². The van der Waals surface area contributed by atoms with Crippen LogP contribution in [0.15, 0.2) is 60.2 Å². The Bertz CT molecular complexity index is 765. The molecule has 0 N–H and O–H groups in total. The second kappa shape index (κ2) is 7.11. The second-order valence-electron chi connectivity index (χ2n) is 5.99. The Labute approximate surface area is 146 Å². The van der Waals surface area contributed by atoms with Crippen LogP contribution in [0.4, 0.5) is 5.95 Å². The maximum atomic E-state index is 4.35. The van der Waals surface area contributed by atoms with Crippen LogP contribution in [0, 0.1) is 0 Å². The highest BCUT2D eigenvalue weighted by molar-refractivity contribution is 7.13. The fraction of sp³-hybridized carbons (Fsp3) is 0.263. The summed E-state index contributed by atoms with van der Waals surface area (Å²) in [6.07, 6.45) is 3.62. The first-order chi connectivity index (χ1) is 11.9. The van der Waals surface area contributed by atoms with E-state index in [1.165, 1.54) is 16.0 Å². The van der Waals surface area contributed by atoms with Crippen LogP contribution < -0.4 is 4.90 Å². The molecule has 0 spiro atoms. The van der Waals surface area contributed by atoms with E-state index in [0.717, 1.165) is 38.7 Å². The molecule has 5 heteroatoms. The van der Waals surface area contributed by atoms with Gasteiger partial charge < -0.3 is 4.90 Å². The number of hydrogen-bond donors (Lipinski definition) is 0. The fourth-order valence-corrected chi connectivity index (χ4v) is 3.81. The lowest BCUT2D eigenvalue weighted by Crippen LogP contribution is -2.46. The van der Waals surface area contributed by atoms with Gasteiger partial charge >= 0.3 is 0 Å². The normalized spacial score (nSPS) is 15.6. The van der Waals surface area contributed by atoms with Crippen LogP contribution in [0.1, 0.15) is 5.56 Å². The zero-order valence-corrected chi connectivity index (χ0v) is 14.3. The zero-order chi connectivity index (χ0) is 16.2. The minimum atomic E-state index is 0.844. The molecule has 0 radical (unpaired) electrons. The Morgan fingerprint density at radius 2 is 1.75 bits per heavy atom.